The lowest BCUT2D eigenvalue weighted by Crippen LogP contribution is -2.52. The van der Waals surface area contributed by atoms with Gasteiger partial charge in [0.25, 0.3) is 10.0 Å². The van der Waals surface area contributed by atoms with E-state index >= 15 is 0 Å². The quantitative estimate of drug-likeness (QED) is 0.302. The molecular formula is C29H33ClFN3O5S. The van der Waals surface area contributed by atoms with Crippen LogP contribution in [0.5, 0.6) is 5.75 Å². The van der Waals surface area contributed by atoms with Gasteiger partial charge in [-0.05, 0) is 73.0 Å². The van der Waals surface area contributed by atoms with Crippen LogP contribution in [0, 0.1) is 5.82 Å². The molecule has 0 fully saturated rings. The first-order chi connectivity index (χ1) is 19.1. The standard InChI is InChI=1S/C29H33ClFN3O5S/c1-4-17-32-29(36)27(5-2)33(19-21-9-11-23(31)12-10-21)28(35)20-34(24-8-6-7-22(30)18-24)40(37,38)26-15-13-25(39-3)14-16-26/h6-16,18,27H,4-5,17,19-20H2,1-3H3,(H,32,36)/t27-/m0/s1. The van der Waals surface area contributed by atoms with E-state index < -0.39 is 34.3 Å². The fourth-order valence-electron chi connectivity index (χ4n) is 4.11. The summed E-state index contributed by atoms with van der Waals surface area (Å²) in [4.78, 5) is 28.3. The zero-order chi connectivity index (χ0) is 29.3. The van der Waals surface area contributed by atoms with E-state index in [0.29, 0.717) is 24.3 Å². The third-order valence-electron chi connectivity index (χ3n) is 6.22. The smallest absolute Gasteiger partial charge is 0.264 e. The number of rotatable bonds is 13. The molecular weight excluding hydrogens is 557 g/mol. The van der Waals surface area contributed by atoms with Gasteiger partial charge in [0.05, 0.1) is 17.7 Å². The van der Waals surface area contributed by atoms with Gasteiger partial charge >= 0.3 is 0 Å². The van der Waals surface area contributed by atoms with Gasteiger partial charge in [0.2, 0.25) is 11.8 Å². The molecule has 0 aliphatic carbocycles. The van der Waals surface area contributed by atoms with Crippen LogP contribution in [-0.2, 0) is 26.2 Å². The van der Waals surface area contributed by atoms with Gasteiger partial charge in [-0.1, -0.05) is 43.6 Å². The Morgan fingerprint density at radius 2 is 1.70 bits per heavy atom. The van der Waals surface area contributed by atoms with Gasteiger partial charge in [-0.15, -0.1) is 0 Å². The van der Waals surface area contributed by atoms with Crippen molar-refractivity contribution in [3.8, 4) is 5.75 Å². The van der Waals surface area contributed by atoms with Crippen LogP contribution in [0.15, 0.2) is 77.7 Å². The minimum absolute atomic E-state index is 0.0247. The lowest BCUT2D eigenvalue weighted by Gasteiger charge is -2.33. The lowest BCUT2D eigenvalue weighted by atomic mass is 10.1. The maximum atomic E-state index is 14.0. The molecule has 3 aromatic carbocycles. The van der Waals surface area contributed by atoms with Gasteiger partial charge in [-0.2, -0.15) is 0 Å². The fraction of sp³-hybridized carbons (Fsp3) is 0.310. The molecule has 3 aromatic rings. The van der Waals surface area contributed by atoms with Crippen LogP contribution in [0.1, 0.15) is 32.3 Å². The zero-order valence-corrected chi connectivity index (χ0v) is 24.2. The summed E-state index contributed by atoms with van der Waals surface area (Å²) in [6, 6.07) is 16.7. The second-order valence-corrected chi connectivity index (χ2v) is 11.3. The molecule has 40 heavy (non-hydrogen) atoms. The highest BCUT2D eigenvalue weighted by molar-refractivity contribution is 7.92. The number of halogens is 2. The van der Waals surface area contributed by atoms with Crippen molar-refractivity contribution in [1.82, 2.24) is 10.2 Å². The largest absolute Gasteiger partial charge is 0.497 e. The molecule has 0 aromatic heterocycles. The van der Waals surface area contributed by atoms with E-state index in [1.807, 2.05) is 6.92 Å². The Morgan fingerprint density at radius 3 is 2.27 bits per heavy atom. The molecule has 0 aliphatic heterocycles. The topological polar surface area (TPSA) is 96.0 Å². The average molecular weight is 590 g/mol. The summed E-state index contributed by atoms with van der Waals surface area (Å²) in [5.41, 5.74) is 0.769. The van der Waals surface area contributed by atoms with Crippen molar-refractivity contribution in [1.29, 1.82) is 0 Å². The molecule has 214 valence electrons. The van der Waals surface area contributed by atoms with Crippen LogP contribution in [0.4, 0.5) is 10.1 Å². The van der Waals surface area contributed by atoms with Crippen molar-refractivity contribution in [2.45, 2.75) is 44.2 Å². The maximum Gasteiger partial charge on any atom is 0.264 e. The van der Waals surface area contributed by atoms with Crippen molar-refractivity contribution in [3.63, 3.8) is 0 Å². The molecule has 0 saturated heterocycles. The van der Waals surface area contributed by atoms with E-state index in [0.717, 1.165) is 4.31 Å². The number of nitrogens with one attached hydrogen (secondary N) is 1. The Hall–Kier alpha value is -3.63. The monoisotopic (exact) mass is 589 g/mol. The predicted molar refractivity (Wildman–Crippen MR) is 153 cm³/mol. The van der Waals surface area contributed by atoms with Crippen molar-refractivity contribution >= 4 is 39.1 Å². The number of carbonyl (C=O) groups excluding carboxylic acids is 2. The molecule has 8 nitrogen and oxygen atoms in total. The van der Waals surface area contributed by atoms with Crippen molar-refractivity contribution in [2.75, 3.05) is 24.5 Å². The third kappa shape index (κ3) is 7.73. The number of benzene rings is 3. The van der Waals surface area contributed by atoms with Crippen LogP contribution in [0.25, 0.3) is 0 Å². The summed E-state index contributed by atoms with van der Waals surface area (Å²) in [5.74, 6) is -0.933. The highest BCUT2D eigenvalue weighted by atomic mass is 35.5. The summed E-state index contributed by atoms with van der Waals surface area (Å²) in [6.45, 7) is 3.48. The number of anilines is 1. The van der Waals surface area contributed by atoms with E-state index in [1.54, 1.807) is 19.1 Å². The first-order valence-corrected chi connectivity index (χ1v) is 14.7. The van der Waals surface area contributed by atoms with Gasteiger partial charge < -0.3 is 15.0 Å². The molecule has 0 bridgehead atoms. The van der Waals surface area contributed by atoms with E-state index in [1.165, 1.54) is 72.7 Å². The molecule has 0 heterocycles. The number of hydrogen-bond acceptors (Lipinski definition) is 5. The van der Waals surface area contributed by atoms with E-state index in [2.05, 4.69) is 5.32 Å². The number of sulfonamides is 1. The Balaban J connectivity index is 2.05. The minimum Gasteiger partial charge on any atom is -0.497 e. The first kappa shape index (κ1) is 30.9. The Labute approximate surface area is 239 Å². The summed E-state index contributed by atoms with van der Waals surface area (Å²) >= 11 is 6.19. The molecule has 0 saturated carbocycles. The van der Waals surface area contributed by atoms with E-state index in [-0.39, 0.29) is 34.5 Å². The van der Waals surface area contributed by atoms with Gasteiger partial charge in [0.1, 0.15) is 24.2 Å². The second kappa shape index (κ2) is 14.1. The summed E-state index contributed by atoms with van der Waals surface area (Å²) in [5, 5.41) is 3.10. The molecule has 1 N–H and O–H groups in total. The Morgan fingerprint density at radius 1 is 1.02 bits per heavy atom. The van der Waals surface area contributed by atoms with Crippen molar-refractivity contribution in [2.24, 2.45) is 0 Å². The normalized spacial score (nSPS) is 11.9. The van der Waals surface area contributed by atoms with E-state index in [9.17, 15) is 22.4 Å². The second-order valence-electron chi connectivity index (χ2n) is 9.03. The van der Waals surface area contributed by atoms with E-state index in [4.69, 9.17) is 16.3 Å². The van der Waals surface area contributed by atoms with Crippen molar-refractivity contribution < 1.29 is 27.1 Å². The van der Waals surface area contributed by atoms with Gasteiger partial charge in [-0.3, -0.25) is 13.9 Å². The highest BCUT2D eigenvalue weighted by Gasteiger charge is 2.33. The number of amides is 2. The van der Waals surface area contributed by atoms with Gasteiger partial charge in [-0.25, -0.2) is 12.8 Å². The first-order valence-electron chi connectivity index (χ1n) is 12.8. The van der Waals surface area contributed by atoms with Gasteiger partial charge in [0.15, 0.2) is 0 Å². The molecule has 0 unspecified atom stereocenters. The van der Waals surface area contributed by atoms with Gasteiger partial charge in [0, 0.05) is 18.1 Å². The number of nitrogens with zero attached hydrogens (tertiary/aromatic N) is 2. The number of hydrogen-bond donors (Lipinski definition) is 1. The third-order valence-corrected chi connectivity index (χ3v) is 8.25. The Kier molecular flexibility index (Phi) is 10.9. The zero-order valence-electron chi connectivity index (χ0n) is 22.6. The predicted octanol–water partition coefficient (Wildman–Crippen LogP) is 5.02. The lowest BCUT2D eigenvalue weighted by molar-refractivity contribution is -0.140. The molecule has 1 atom stereocenters. The molecule has 0 aliphatic rings. The minimum atomic E-state index is -4.25. The molecule has 0 spiro atoms. The molecule has 2 amide bonds. The van der Waals surface area contributed by atoms with Crippen LogP contribution in [-0.4, -0.2) is 51.4 Å². The SMILES string of the molecule is CCCNC(=O)[C@H](CC)N(Cc1ccc(F)cc1)C(=O)CN(c1cccc(Cl)c1)S(=O)(=O)c1ccc(OC)cc1. The Bertz CT molecular complexity index is 1400. The summed E-state index contributed by atoms with van der Waals surface area (Å²) in [6.07, 6.45) is 0.988. The van der Waals surface area contributed by atoms with Crippen LogP contribution in [0.3, 0.4) is 0 Å². The fourth-order valence-corrected chi connectivity index (χ4v) is 5.70. The average Bonchev–Trinajstić information content (AvgIpc) is 2.95. The highest BCUT2D eigenvalue weighted by Crippen LogP contribution is 2.28. The molecule has 0 radical (unpaired) electrons. The maximum absolute atomic E-state index is 14.0. The summed E-state index contributed by atoms with van der Waals surface area (Å²) < 4.78 is 47.4. The van der Waals surface area contributed by atoms with Crippen LogP contribution < -0.4 is 14.4 Å². The number of carbonyl (C=O) groups is 2. The van der Waals surface area contributed by atoms with Crippen LogP contribution in [0.2, 0.25) is 5.02 Å². The van der Waals surface area contributed by atoms with Crippen LogP contribution >= 0.6 is 11.6 Å². The molecule has 3 rings (SSSR count). The number of ether oxygens (including phenoxy) is 1. The summed E-state index contributed by atoms with van der Waals surface area (Å²) in [7, 11) is -2.78. The number of methoxy groups -OCH3 is 1. The molecule has 11 heteroatoms. The van der Waals surface area contributed by atoms with Crippen molar-refractivity contribution in [3.05, 3.63) is 89.2 Å².